The summed E-state index contributed by atoms with van der Waals surface area (Å²) in [6.07, 6.45) is 1.05. The zero-order valence-electron chi connectivity index (χ0n) is 11.9. The molecule has 0 aliphatic heterocycles. The Morgan fingerprint density at radius 1 is 1.26 bits per heavy atom. The average Bonchev–Trinajstić information content (AvgIpc) is 2.38. The molecule has 1 rings (SSSR count). The molecule has 1 amide bonds. The summed E-state index contributed by atoms with van der Waals surface area (Å²) in [5.41, 5.74) is 0.388. The van der Waals surface area contributed by atoms with Gasteiger partial charge in [-0.05, 0) is 43.9 Å². The predicted octanol–water partition coefficient (Wildman–Crippen LogP) is 3.25. The number of carbonyl (C=O) groups is 2. The molecule has 1 unspecified atom stereocenters. The Bertz CT molecular complexity index is 463. The number of aliphatic carboxylic acids is 1. The molecule has 4 heteroatoms. The van der Waals surface area contributed by atoms with Gasteiger partial charge in [-0.15, -0.1) is 0 Å². The van der Waals surface area contributed by atoms with Crippen LogP contribution in [0.3, 0.4) is 0 Å². The second-order valence-electron chi connectivity index (χ2n) is 5.32. The van der Waals surface area contributed by atoms with Gasteiger partial charge in [-0.2, -0.15) is 0 Å². The maximum atomic E-state index is 11.9. The van der Waals surface area contributed by atoms with Crippen molar-refractivity contribution < 1.29 is 14.7 Å². The van der Waals surface area contributed by atoms with Crippen molar-refractivity contribution in [1.82, 2.24) is 0 Å². The van der Waals surface area contributed by atoms with Gasteiger partial charge in [0.25, 0.3) is 0 Å². The number of hydrogen-bond donors (Lipinski definition) is 2. The number of benzene rings is 1. The van der Waals surface area contributed by atoms with Gasteiger partial charge in [-0.3, -0.25) is 9.59 Å². The first-order valence-electron chi connectivity index (χ1n) is 6.43. The normalized spacial score (nSPS) is 12.8. The lowest BCUT2D eigenvalue weighted by molar-refractivity contribution is -0.151. The highest BCUT2D eigenvalue weighted by Crippen LogP contribution is 2.22. The molecule has 0 heterocycles. The van der Waals surface area contributed by atoms with Crippen molar-refractivity contribution in [2.45, 2.75) is 40.0 Å². The van der Waals surface area contributed by atoms with Gasteiger partial charge < -0.3 is 10.4 Å². The van der Waals surface area contributed by atoms with Crippen LogP contribution >= 0.6 is 0 Å². The van der Waals surface area contributed by atoms with E-state index in [-0.39, 0.29) is 0 Å². The summed E-state index contributed by atoms with van der Waals surface area (Å²) in [7, 11) is 0. The fraction of sp³-hybridized carbons (Fsp3) is 0.467. The van der Waals surface area contributed by atoms with Gasteiger partial charge in [-0.1, -0.05) is 26.0 Å². The smallest absolute Gasteiger partial charge is 0.318 e. The van der Waals surface area contributed by atoms with Crippen LogP contribution in [0.4, 0.5) is 5.69 Å². The topological polar surface area (TPSA) is 66.4 Å². The Hall–Kier alpha value is -1.84. The molecule has 0 radical (unpaired) electrons. The second kappa shape index (κ2) is 5.87. The number of carboxylic acid groups (broad SMARTS) is 1. The van der Waals surface area contributed by atoms with Crippen molar-refractivity contribution in [1.29, 1.82) is 0 Å². The van der Waals surface area contributed by atoms with Gasteiger partial charge in [0.1, 0.15) is 5.41 Å². The van der Waals surface area contributed by atoms with Crippen LogP contribution in [-0.2, 0) is 9.59 Å². The lowest BCUT2D eigenvalue weighted by Gasteiger charge is -2.18. The van der Waals surface area contributed by atoms with E-state index in [1.165, 1.54) is 19.4 Å². The van der Waals surface area contributed by atoms with Crippen LogP contribution in [-0.4, -0.2) is 17.0 Å². The Morgan fingerprint density at radius 3 is 2.21 bits per heavy atom. The van der Waals surface area contributed by atoms with E-state index in [1.54, 1.807) is 12.1 Å². The Kier molecular flexibility index (Phi) is 4.70. The molecule has 0 fully saturated rings. The minimum Gasteiger partial charge on any atom is -0.480 e. The van der Waals surface area contributed by atoms with Gasteiger partial charge in [0, 0.05) is 5.69 Å². The van der Waals surface area contributed by atoms with E-state index in [4.69, 9.17) is 5.11 Å². The van der Waals surface area contributed by atoms with Crippen LogP contribution in [0.1, 0.15) is 45.6 Å². The predicted molar refractivity (Wildman–Crippen MR) is 75.2 cm³/mol. The summed E-state index contributed by atoms with van der Waals surface area (Å²) in [4.78, 5) is 22.8. The van der Waals surface area contributed by atoms with Crippen LogP contribution < -0.4 is 5.32 Å². The maximum Gasteiger partial charge on any atom is 0.318 e. The minimum atomic E-state index is -1.44. The summed E-state index contributed by atoms with van der Waals surface area (Å²) in [6.45, 7) is 7.03. The molecule has 0 aromatic heterocycles. The minimum absolute atomic E-state index is 0.472. The second-order valence-corrected chi connectivity index (χ2v) is 5.32. The van der Waals surface area contributed by atoms with E-state index in [9.17, 15) is 9.59 Å². The standard InChI is InChI=1S/C15H21NO3/c1-5-10(2)11-6-8-12(9-7-11)16-13(17)15(3,4)14(18)19/h6-10H,5H2,1-4H3,(H,16,17)(H,18,19). The summed E-state index contributed by atoms with van der Waals surface area (Å²) in [5.74, 6) is -1.18. The van der Waals surface area contributed by atoms with E-state index in [1.807, 2.05) is 12.1 Å². The van der Waals surface area contributed by atoms with Crippen LogP contribution in [0.5, 0.6) is 0 Å². The zero-order chi connectivity index (χ0) is 14.6. The van der Waals surface area contributed by atoms with Crippen LogP contribution in [0.15, 0.2) is 24.3 Å². The number of hydrogen-bond acceptors (Lipinski definition) is 2. The van der Waals surface area contributed by atoms with Crippen molar-refractivity contribution in [2.24, 2.45) is 5.41 Å². The molecular weight excluding hydrogens is 242 g/mol. The molecule has 0 aliphatic rings. The number of anilines is 1. The molecule has 0 bridgehead atoms. The Morgan fingerprint density at radius 2 is 1.79 bits per heavy atom. The SMILES string of the molecule is CCC(C)c1ccc(NC(=O)C(C)(C)C(=O)O)cc1. The Balaban J connectivity index is 2.79. The zero-order valence-corrected chi connectivity index (χ0v) is 11.9. The fourth-order valence-electron chi connectivity index (χ4n) is 1.52. The molecule has 19 heavy (non-hydrogen) atoms. The third-order valence-corrected chi connectivity index (χ3v) is 3.45. The van der Waals surface area contributed by atoms with Gasteiger partial charge >= 0.3 is 5.97 Å². The monoisotopic (exact) mass is 263 g/mol. The number of carboxylic acids is 1. The number of rotatable bonds is 5. The summed E-state index contributed by atoms with van der Waals surface area (Å²) in [6, 6.07) is 7.52. The molecule has 4 nitrogen and oxygen atoms in total. The highest BCUT2D eigenvalue weighted by molar-refractivity contribution is 6.07. The third kappa shape index (κ3) is 3.56. The summed E-state index contributed by atoms with van der Waals surface area (Å²) in [5, 5.41) is 11.6. The van der Waals surface area contributed by atoms with Crippen LogP contribution in [0, 0.1) is 5.41 Å². The number of carbonyl (C=O) groups excluding carboxylic acids is 1. The maximum absolute atomic E-state index is 11.9. The van der Waals surface area contributed by atoms with E-state index in [0.717, 1.165) is 6.42 Å². The van der Waals surface area contributed by atoms with Crippen molar-refractivity contribution in [3.63, 3.8) is 0 Å². The quantitative estimate of drug-likeness (QED) is 0.801. The molecule has 0 saturated carbocycles. The van der Waals surface area contributed by atoms with Gasteiger partial charge in [0.05, 0.1) is 0 Å². The molecule has 1 atom stereocenters. The van der Waals surface area contributed by atoms with Gasteiger partial charge in [0.15, 0.2) is 0 Å². The summed E-state index contributed by atoms with van der Waals surface area (Å²) >= 11 is 0. The molecule has 104 valence electrons. The van der Waals surface area contributed by atoms with E-state index >= 15 is 0 Å². The number of amides is 1. The third-order valence-electron chi connectivity index (χ3n) is 3.45. The molecule has 0 spiro atoms. The van der Waals surface area contributed by atoms with Gasteiger partial charge in [0.2, 0.25) is 5.91 Å². The van der Waals surface area contributed by atoms with E-state index in [2.05, 4.69) is 19.2 Å². The lowest BCUT2D eigenvalue weighted by Crippen LogP contribution is -2.37. The van der Waals surface area contributed by atoms with Crippen molar-refractivity contribution in [3.05, 3.63) is 29.8 Å². The first-order valence-corrected chi connectivity index (χ1v) is 6.43. The van der Waals surface area contributed by atoms with Crippen molar-refractivity contribution in [3.8, 4) is 0 Å². The Labute approximate surface area is 113 Å². The highest BCUT2D eigenvalue weighted by Gasteiger charge is 2.35. The molecule has 0 saturated heterocycles. The largest absolute Gasteiger partial charge is 0.480 e. The summed E-state index contributed by atoms with van der Waals surface area (Å²) < 4.78 is 0. The molecule has 2 N–H and O–H groups in total. The molecule has 1 aromatic carbocycles. The lowest BCUT2D eigenvalue weighted by atomic mass is 9.92. The first-order chi connectivity index (χ1) is 8.78. The molecule has 0 aliphatic carbocycles. The van der Waals surface area contributed by atoms with Crippen molar-refractivity contribution >= 4 is 17.6 Å². The van der Waals surface area contributed by atoms with Crippen LogP contribution in [0.25, 0.3) is 0 Å². The fourth-order valence-corrected chi connectivity index (χ4v) is 1.52. The number of nitrogens with one attached hydrogen (secondary N) is 1. The van der Waals surface area contributed by atoms with Crippen LogP contribution in [0.2, 0.25) is 0 Å². The average molecular weight is 263 g/mol. The first kappa shape index (κ1) is 15.2. The van der Waals surface area contributed by atoms with Crippen molar-refractivity contribution in [2.75, 3.05) is 5.32 Å². The highest BCUT2D eigenvalue weighted by atomic mass is 16.4. The molecule has 1 aromatic rings. The van der Waals surface area contributed by atoms with E-state index in [0.29, 0.717) is 11.6 Å². The molecular formula is C15H21NO3. The van der Waals surface area contributed by atoms with Gasteiger partial charge in [-0.25, -0.2) is 0 Å². The van der Waals surface area contributed by atoms with E-state index < -0.39 is 17.3 Å².